The zero-order valence-electron chi connectivity index (χ0n) is 13.5. The Morgan fingerprint density at radius 3 is 1.90 bits per heavy atom. The lowest BCUT2D eigenvalue weighted by Gasteiger charge is -2.30. The predicted octanol–water partition coefficient (Wildman–Crippen LogP) is 5.57. The molecule has 0 spiro atoms. The average molecular weight is 295 g/mol. The summed E-state index contributed by atoms with van der Waals surface area (Å²) in [5, 5.41) is 1.63. The SMILES string of the molecule is CC[Si](CC)(CC)c1ccccc1/C=C/c1ccccc1. The molecule has 0 aromatic heterocycles. The third kappa shape index (κ3) is 3.54. The lowest BCUT2D eigenvalue weighted by Crippen LogP contribution is -2.47. The Morgan fingerprint density at radius 2 is 1.29 bits per heavy atom. The van der Waals surface area contributed by atoms with Gasteiger partial charge in [-0.25, -0.2) is 0 Å². The molecular weight excluding hydrogens is 268 g/mol. The fourth-order valence-electron chi connectivity index (χ4n) is 3.20. The van der Waals surface area contributed by atoms with Crippen LogP contribution in [0, 0.1) is 0 Å². The first-order valence-corrected chi connectivity index (χ1v) is 10.7. The van der Waals surface area contributed by atoms with Crippen LogP contribution in [0.3, 0.4) is 0 Å². The maximum atomic E-state index is 2.37. The van der Waals surface area contributed by atoms with Crippen molar-refractivity contribution in [1.29, 1.82) is 0 Å². The molecule has 0 aliphatic rings. The van der Waals surface area contributed by atoms with Gasteiger partial charge in [-0.1, -0.05) is 111 Å². The first-order valence-electron chi connectivity index (χ1n) is 8.08. The van der Waals surface area contributed by atoms with Crippen molar-refractivity contribution in [3.8, 4) is 0 Å². The van der Waals surface area contributed by atoms with E-state index in [0.717, 1.165) is 0 Å². The number of hydrogen-bond donors (Lipinski definition) is 0. The smallest absolute Gasteiger partial charge is 0.0675 e. The molecule has 0 atom stereocenters. The summed E-state index contributed by atoms with van der Waals surface area (Å²) in [6, 6.07) is 23.6. The number of benzene rings is 2. The van der Waals surface area contributed by atoms with Crippen molar-refractivity contribution < 1.29 is 0 Å². The molecule has 0 N–H and O–H groups in total. The van der Waals surface area contributed by atoms with Gasteiger partial charge < -0.3 is 0 Å². The first-order chi connectivity index (χ1) is 10.3. The van der Waals surface area contributed by atoms with E-state index in [2.05, 4.69) is 87.5 Å². The summed E-state index contributed by atoms with van der Waals surface area (Å²) in [4.78, 5) is 0. The van der Waals surface area contributed by atoms with Crippen LogP contribution in [0.15, 0.2) is 54.6 Å². The Bertz CT molecular complexity index is 572. The molecule has 0 heterocycles. The van der Waals surface area contributed by atoms with E-state index >= 15 is 0 Å². The van der Waals surface area contributed by atoms with E-state index in [4.69, 9.17) is 0 Å². The van der Waals surface area contributed by atoms with Gasteiger partial charge in [0.05, 0.1) is 8.07 Å². The molecule has 0 bridgehead atoms. The second-order valence-corrected chi connectivity index (χ2v) is 10.9. The third-order valence-electron chi connectivity index (χ3n) is 4.82. The van der Waals surface area contributed by atoms with E-state index in [1.807, 2.05) is 0 Å². The van der Waals surface area contributed by atoms with Crippen molar-refractivity contribution in [2.45, 2.75) is 38.9 Å². The normalized spacial score (nSPS) is 12.0. The van der Waals surface area contributed by atoms with Crippen LogP contribution in [0.1, 0.15) is 31.9 Å². The highest BCUT2D eigenvalue weighted by Crippen LogP contribution is 2.22. The second-order valence-electron chi connectivity index (χ2n) is 5.67. The molecule has 0 fully saturated rings. The molecule has 0 aliphatic carbocycles. The molecule has 0 nitrogen and oxygen atoms in total. The largest absolute Gasteiger partial charge is 0.0866 e. The molecule has 0 aliphatic heterocycles. The third-order valence-corrected chi connectivity index (χ3v) is 10.5. The standard InChI is InChI=1S/C20H26Si/c1-4-21(5-2,6-3)20-15-11-10-14-19(20)17-16-18-12-8-7-9-13-18/h7-17H,4-6H2,1-3H3/b17-16+. The van der Waals surface area contributed by atoms with E-state index in [1.54, 1.807) is 5.19 Å². The highest BCUT2D eigenvalue weighted by molar-refractivity contribution is 6.92. The Balaban J connectivity index is 2.39. The van der Waals surface area contributed by atoms with Crippen LogP contribution in [-0.4, -0.2) is 8.07 Å². The number of rotatable bonds is 6. The summed E-state index contributed by atoms with van der Waals surface area (Å²) >= 11 is 0. The van der Waals surface area contributed by atoms with Gasteiger partial charge >= 0.3 is 0 Å². The highest BCUT2D eigenvalue weighted by atomic mass is 28.3. The molecule has 2 aromatic carbocycles. The Morgan fingerprint density at radius 1 is 0.714 bits per heavy atom. The molecule has 110 valence electrons. The van der Waals surface area contributed by atoms with Gasteiger partial charge in [0.1, 0.15) is 0 Å². The van der Waals surface area contributed by atoms with Crippen LogP contribution in [-0.2, 0) is 0 Å². The molecule has 0 amide bonds. The van der Waals surface area contributed by atoms with Crippen molar-refractivity contribution in [1.82, 2.24) is 0 Å². The molecule has 0 saturated carbocycles. The first kappa shape index (κ1) is 15.8. The minimum absolute atomic E-state index is 1.27. The van der Waals surface area contributed by atoms with E-state index in [-0.39, 0.29) is 0 Å². The minimum Gasteiger partial charge on any atom is -0.0675 e. The van der Waals surface area contributed by atoms with E-state index in [9.17, 15) is 0 Å². The summed E-state index contributed by atoms with van der Waals surface area (Å²) in [6.07, 6.45) is 4.53. The van der Waals surface area contributed by atoms with Crippen molar-refractivity contribution >= 4 is 25.4 Å². The van der Waals surface area contributed by atoms with Gasteiger partial charge in [0.15, 0.2) is 0 Å². The maximum Gasteiger partial charge on any atom is 0.0866 e. The summed E-state index contributed by atoms with van der Waals surface area (Å²) < 4.78 is 0. The molecule has 0 radical (unpaired) electrons. The van der Waals surface area contributed by atoms with Gasteiger partial charge in [-0.15, -0.1) is 0 Å². The molecule has 21 heavy (non-hydrogen) atoms. The molecule has 0 saturated heterocycles. The van der Waals surface area contributed by atoms with Gasteiger partial charge in [-0.3, -0.25) is 0 Å². The molecule has 0 unspecified atom stereocenters. The van der Waals surface area contributed by atoms with Crippen LogP contribution in [0.25, 0.3) is 12.2 Å². The van der Waals surface area contributed by atoms with Gasteiger partial charge in [-0.05, 0) is 11.1 Å². The Labute approximate surface area is 130 Å². The van der Waals surface area contributed by atoms with Crippen LogP contribution < -0.4 is 5.19 Å². The minimum atomic E-state index is -1.33. The Hall–Kier alpha value is -1.60. The van der Waals surface area contributed by atoms with Crippen molar-refractivity contribution in [2.24, 2.45) is 0 Å². The molecule has 2 aromatic rings. The van der Waals surface area contributed by atoms with Crippen molar-refractivity contribution in [3.05, 3.63) is 65.7 Å². The van der Waals surface area contributed by atoms with Crippen LogP contribution in [0.4, 0.5) is 0 Å². The average Bonchev–Trinajstić information content (AvgIpc) is 2.57. The second kappa shape index (κ2) is 7.42. The fourth-order valence-corrected chi connectivity index (χ4v) is 7.07. The molecule has 2 rings (SSSR count). The zero-order valence-corrected chi connectivity index (χ0v) is 14.5. The van der Waals surface area contributed by atoms with E-state index < -0.39 is 8.07 Å². The predicted molar refractivity (Wildman–Crippen MR) is 98.6 cm³/mol. The summed E-state index contributed by atoms with van der Waals surface area (Å²) in [5.41, 5.74) is 2.68. The quantitative estimate of drug-likeness (QED) is 0.482. The zero-order chi connectivity index (χ0) is 15.1. The monoisotopic (exact) mass is 294 g/mol. The van der Waals surface area contributed by atoms with Gasteiger partial charge in [-0.2, -0.15) is 0 Å². The molecular formula is C20H26Si. The van der Waals surface area contributed by atoms with Crippen molar-refractivity contribution in [2.75, 3.05) is 0 Å². The topological polar surface area (TPSA) is 0 Å². The number of hydrogen-bond acceptors (Lipinski definition) is 0. The maximum absolute atomic E-state index is 2.37. The molecule has 1 heteroatoms. The van der Waals surface area contributed by atoms with Gasteiger partial charge in [0.2, 0.25) is 0 Å². The highest BCUT2D eigenvalue weighted by Gasteiger charge is 2.30. The van der Waals surface area contributed by atoms with Crippen LogP contribution in [0.5, 0.6) is 0 Å². The van der Waals surface area contributed by atoms with Gasteiger partial charge in [0, 0.05) is 0 Å². The summed E-state index contributed by atoms with van der Waals surface area (Å²) in [7, 11) is -1.33. The lowest BCUT2D eigenvalue weighted by molar-refractivity contribution is 1.19. The van der Waals surface area contributed by atoms with Gasteiger partial charge in [0.25, 0.3) is 0 Å². The van der Waals surface area contributed by atoms with Crippen LogP contribution in [0.2, 0.25) is 18.1 Å². The van der Waals surface area contributed by atoms with Crippen molar-refractivity contribution in [3.63, 3.8) is 0 Å². The van der Waals surface area contributed by atoms with Crippen LogP contribution >= 0.6 is 0 Å². The lowest BCUT2D eigenvalue weighted by atomic mass is 10.1. The summed E-state index contributed by atoms with van der Waals surface area (Å²) in [6.45, 7) is 7.12. The fraction of sp³-hybridized carbons (Fsp3) is 0.300. The summed E-state index contributed by atoms with van der Waals surface area (Å²) in [5.74, 6) is 0. The van der Waals surface area contributed by atoms with E-state index in [0.29, 0.717) is 0 Å². The Kier molecular flexibility index (Phi) is 5.57. The van der Waals surface area contributed by atoms with E-state index in [1.165, 1.54) is 29.3 Å².